The van der Waals surface area contributed by atoms with Crippen LogP contribution in [0.25, 0.3) is 6.08 Å². The first-order chi connectivity index (χ1) is 13.8. The Bertz CT molecular complexity index is 1240. The van der Waals surface area contributed by atoms with Crippen molar-refractivity contribution in [1.82, 2.24) is 0 Å². The van der Waals surface area contributed by atoms with E-state index in [1.807, 2.05) is 31.2 Å². The number of benzene rings is 3. The summed E-state index contributed by atoms with van der Waals surface area (Å²) in [6.07, 6.45) is 1.68. The van der Waals surface area contributed by atoms with Crippen molar-refractivity contribution in [2.45, 2.75) is 11.8 Å². The summed E-state index contributed by atoms with van der Waals surface area (Å²) in [5.41, 5.74) is 2.24. The van der Waals surface area contributed by atoms with Crippen LogP contribution in [0.3, 0.4) is 0 Å². The Morgan fingerprint density at radius 1 is 1.00 bits per heavy atom. The summed E-state index contributed by atoms with van der Waals surface area (Å²) in [5.74, 6) is 0.253. The minimum Gasteiger partial charge on any atom is -0.452 e. The SMILES string of the molecule is Cc1ccccc1/C=C1\Oc2cc(OS(=O)(=O)c3ccc(Br)cc3)ccc2C1=O. The minimum absolute atomic E-state index is 0.0262. The molecule has 0 aromatic heterocycles. The average molecular weight is 471 g/mol. The maximum Gasteiger partial charge on any atom is 0.339 e. The van der Waals surface area contributed by atoms with E-state index in [0.29, 0.717) is 5.56 Å². The van der Waals surface area contributed by atoms with Crippen LogP contribution < -0.4 is 8.92 Å². The number of allylic oxidation sites excluding steroid dienone is 1. The first-order valence-electron chi connectivity index (χ1n) is 8.67. The van der Waals surface area contributed by atoms with Gasteiger partial charge in [0.15, 0.2) is 5.76 Å². The molecule has 3 aromatic rings. The molecular weight excluding hydrogens is 456 g/mol. The van der Waals surface area contributed by atoms with Crippen LogP contribution in [0.5, 0.6) is 11.5 Å². The van der Waals surface area contributed by atoms with Gasteiger partial charge in [0.2, 0.25) is 5.78 Å². The summed E-state index contributed by atoms with van der Waals surface area (Å²) >= 11 is 3.26. The molecule has 1 aliphatic heterocycles. The van der Waals surface area contributed by atoms with Gasteiger partial charge in [0.25, 0.3) is 0 Å². The van der Waals surface area contributed by atoms with E-state index in [0.717, 1.165) is 15.6 Å². The van der Waals surface area contributed by atoms with Crippen LogP contribution in [0.4, 0.5) is 0 Å². The number of Topliss-reactive ketones (excluding diaryl/α,β-unsaturated/α-hetero) is 1. The molecule has 1 heterocycles. The van der Waals surface area contributed by atoms with Crippen molar-refractivity contribution in [3.63, 3.8) is 0 Å². The molecule has 5 nitrogen and oxygen atoms in total. The van der Waals surface area contributed by atoms with Gasteiger partial charge >= 0.3 is 10.1 Å². The molecule has 0 bridgehead atoms. The molecule has 29 heavy (non-hydrogen) atoms. The van der Waals surface area contributed by atoms with Gasteiger partial charge < -0.3 is 8.92 Å². The van der Waals surface area contributed by atoms with Crippen LogP contribution in [0, 0.1) is 6.92 Å². The molecule has 0 saturated heterocycles. The number of halogens is 1. The predicted octanol–water partition coefficient (Wildman–Crippen LogP) is 5.14. The summed E-state index contributed by atoms with van der Waals surface area (Å²) < 4.78 is 36.6. The lowest BCUT2D eigenvalue weighted by Gasteiger charge is -2.08. The number of ketones is 1. The number of hydrogen-bond donors (Lipinski definition) is 0. The lowest BCUT2D eigenvalue weighted by atomic mass is 10.1. The average Bonchev–Trinajstić information content (AvgIpc) is 2.98. The van der Waals surface area contributed by atoms with E-state index < -0.39 is 10.1 Å². The van der Waals surface area contributed by atoms with Crippen molar-refractivity contribution in [2.75, 3.05) is 0 Å². The number of aryl methyl sites for hydroxylation is 1. The lowest BCUT2D eigenvalue weighted by molar-refractivity contribution is 0.101. The Balaban J connectivity index is 1.61. The second-order valence-corrected chi connectivity index (χ2v) is 8.91. The molecule has 0 spiro atoms. The third-order valence-corrected chi connectivity index (χ3v) is 6.21. The first kappa shape index (κ1) is 19.4. The van der Waals surface area contributed by atoms with Crippen molar-refractivity contribution >= 4 is 37.9 Å². The van der Waals surface area contributed by atoms with Crippen molar-refractivity contribution < 1.29 is 22.1 Å². The Labute approximate surface area is 176 Å². The molecule has 0 fully saturated rings. The number of carbonyl (C=O) groups excluding carboxylic acids is 1. The quantitative estimate of drug-likeness (QED) is 0.389. The van der Waals surface area contributed by atoms with Crippen LogP contribution in [-0.2, 0) is 10.1 Å². The second-order valence-electron chi connectivity index (χ2n) is 6.45. The molecule has 0 N–H and O–H groups in total. The van der Waals surface area contributed by atoms with Crippen LogP contribution in [-0.4, -0.2) is 14.2 Å². The highest BCUT2D eigenvalue weighted by molar-refractivity contribution is 9.10. The zero-order chi connectivity index (χ0) is 20.6. The van der Waals surface area contributed by atoms with Gasteiger partial charge in [-0.25, -0.2) is 0 Å². The van der Waals surface area contributed by atoms with Gasteiger partial charge in [0, 0.05) is 10.5 Å². The fourth-order valence-electron chi connectivity index (χ4n) is 2.89. The summed E-state index contributed by atoms with van der Waals surface area (Å²) in [6.45, 7) is 1.94. The largest absolute Gasteiger partial charge is 0.452 e. The number of carbonyl (C=O) groups is 1. The molecule has 3 aromatic carbocycles. The van der Waals surface area contributed by atoms with E-state index in [1.165, 1.54) is 30.3 Å². The Morgan fingerprint density at radius 3 is 2.45 bits per heavy atom. The van der Waals surface area contributed by atoms with E-state index in [4.69, 9.17) is 8.92 Å². The number of fused-ring (bicyclic) bond motifs is 1. The maximum absolute atomic E-state index is 12.6. The molecular formula is C22H15BrO5S. The molecule has 0 saturated carbocycles. The predicted molar refractivity (Wildman–Crippen MR) is 113 cm³/mol. The number of rotatable bonds is 4. The van der Waals surface area contributed by atoms with Gasteiger partial charge in [-0.3, -0.25) is 4.79 Å². The highest BCUT2D eigenvalue weighted by atomic mass is 79.9. The summed E-state index contributed by atoms with van der Waals surface area (Å²) in [6, 6.07) is 18.1. The smallest absolute Gasteiger partial charge is 0.339 e. The molecule has 0 radical (unpaired) electrons. The van der Waals surface area contributed by atoms with Gasteiger partial charge in [-0.05, 0) is 60.5 Å². The lowest BCUT2D eigenvalue weighted by Crippen LogP contribution is -2.09. The van der Waals surface area contributed by atoms with E-state index in [1.54, 1.807) is 18.2 Å². The van der Waals surface area contributed by atoms with Crippen LogP contribution >= 0.6 is 15.9 Å². The van der Waals surface area contributed by atoms with Gasteiger partial charge in [0.05, 0.1) is 5.56 Å². The molecule has 4 rings (SSSR count). The molecule has 146 valence electrons. The molecule has 0 amide bonds. The Hall–Kier alpha value is -2.90. The van der Waals surface area contributed by atoms with Gasteiger partial charge in [-0.15, -0.1) is 0 Å². The second kappa shape index (κ2) is 7.50. The molecule has 7 heteroatoms. The number of hydrogen-bond acceptors (Lipinski definition) is 5. The van der Waals surface area contributed by atoms with E-state index in [-0.39, 0.29) is 27.9 Å². The van der Waals surface area contributed by atoms with Crippen molar-refractivity contribution in [3.8, 4) is 11.5 Å². The monoisotopic (exact) mass is 470 g/mol. The standard InChI is InChI=1S/C22H15BrO5S/c1-14-4-2-3-5-15(14)12-21-22(24)19-11-8-17(13-20(19)27-21)28-29(25,26)18-9-6-16(23)7-10-18/h2-13H,1H3/b21-12-. The fourth-order valence-corrected chi connectivity index (χ4v) is 4.07. The highest BCUT2D eigenvalue weighted by Crippen LogP contribution is 2.36. The Kier molecular flexibility index (Phi) is 5.02. The molecule has 0 unspecified atom stereocenters. The van der Waals surface area contributed by atoms with Crippen LogP contribution in [0.15, 0.2) is 81.9 Å². The Morgan fingerprint density at radius 2 is 1.72 bits per heavy atom. The highest BCUT2D eigenvalue weighted by Gasteiger charge is 2.28. The molecule has 0 aliphatic carbocycles. The molecule has 1 aliphatic rings. The van der Waals surface area contributed by atoms with Crippen molar-refractivity contribution in [2.24, 2.45) is 0 Å². The van der Waals surface area contributed by atoms with Crippen molar-refractivity contribution in [1.29, 1.82) is 0 Å². The topological polar surface area (TPSA) is 69.7 Å². The van der Waals surface area contributed by atoms with Gasteiger partial charge in [-0.1, -0.05) is 40.2 Å². The van der Waals surface area contributed by atoms with E-state index in [2.05, 4.69) is 15.9 Å². The minimum atomic E-state index is -4.00. The summed E-state index contributed by atoms with van der Waals surface area (Å²) in [5, 5.41) is 0. The van der Waals surface area contributed by atoms with Crippen molar-refractivity contribution in [3.05, 3.63) is 93.7 Å². The third-order valence-electron chi connectivity index (χ3n) is 4.42. The van der Waals surface area contributed by atoms with Crippen LogP contribution in [0.1, 0.15) is 21.5 Å². The fraction of sp³-hybridized carbons (Fsp3) is 0.0455. The van der Waals surface area contributed by atoms with E-state index in [9.17, 15) is 13.2 Å². The normalized spacial score (nSPS) is 14.6. The van der Waals surface area contributed by atoms with Gasteiger partial charge in [0.1, 0.15) is 16.4 Å². The summed E-state index contributed by atoms with van der Waals surface area (Å²) in [4.78, 5) is 12.6. The van der Waals surface area contributed by atoms with Crippen LogP contribution in [0.2, 0.25) is 0 Å². The van der Waals surface area contributed by atoms with E-state index >= 15 is 0 Å². The zero-order valence-corrected chi connectivity index (χ0v) is 17.7. The summed E-state index contributed by atoms with van der Waals surface area (Å²) in [7, 11) is -4.00. The first-order valence-corrected chi connectivity index (χ1v) is 10.9. The zero-order valence-electron chi connectivity index (χ0n) is 15.3. The number of ether oxygens (including phenoxy) is 1. The van der Waals surface area contributed by atoms with Gasteiger partial charge in [-0.2, -0.15) is 8.42 Å². The third kappa shape index (κ3) is 3.97. The molecule has 0 atom stereocenters. The maximum atomic E-state index is 12.6.